The van der Waals surface area contributed by atoms with Crippen molar-refractivity contribution < 1.29 is 18.3 Å². The molecular weight excluding hydrogens is 914 g/mol. The summed E-state index contributed by atoms with van der Waals surface area (Å²) in [5, 5.41) is 24.5. The molecule has 4 aromatic heterocycles. The van der Waals surface area contributed by atoms with E-state index in [-0.39, 0.29) is 56.1 Å². The highest BCUT2D eigenvalue weighted by Crippen LogP contribution is 2.49. The number of ether oxygens (including phenoxy) is 2. The molecule has 0 atom stereocenters. The van der Waals surface area contributed by atoms with Gasteiger partial charge in [-0.05, 0) is 105 Å². The van der Waals surface area contributed by atoms with E-state index >= 15 is 8.78 Å². The molecule has 0 aliphatic heterocycles. The normalized spacial score (nSPS) is 13.3. The number of hydrogen-bond donors (Lipinski definition) is 2. The Labute approximate surface area is 398 Å². The number of nitrogens with zero attached hydrogens (tertiary/aromatic N) is 8. The lowest BCUT2D eigenvalue weighted by Crippen LogP contribution is -2.12. The SMILES string of the molecule is [C-]#[N+]c1c(OC2CC2)cc(C)c(F)c1-c1c(-c2cc(C)c3c(=O)[nH]nc(CC)c3c2)cnn1C.[C-]#[N+]c1c(OC2CC2)cc(Cl)c(F)c1-c1c(-c2cc(Cl)c3c(=O)[nH]nc(CC)c3c2)cnn1C. The van der Waals surface area contributed by atoms with Crippen molar-refractivity contribution in [2.75, 3.05) is 0 Å². The Bertz CT molecular complexity index is 3360. The lowest BCUT2D eigenvalue weighted by Gasteiger charge is -2.16. The topological polar surface area (TPSA) is 154 Å². The van der Waals surface area contributed by atoms with Crippen LogP contribution in [0.3, 0.4) is 0 Å². The van der Waals surface area contributed by atoms with Gasteiger partial charge in [-0.3, -0.25) is 19.0 Å². The molecule has 0 radical (unpaired) electrons. The van der Waals surface area contributed by atoms with E-state index in [2.05, 4.69) is 40.3 Å². The van der Waals surface area contributed by atoms with Crippen LogP contribution in [0.25, 0.3) is 76.0 Å². The molecule has 2 saturated carbocycles. The molecule has 2 N–H and O–H groups in total. The van der Waals surface area contributed by atoms with Gasteiger partial charge in [0.2, 0.25) is 11.4 Å². The Morgan fingerprint density at radius 3 is 1.65 bits per heavy atom. The molecule has 2 aliphatic carbocycles. The maximum absolute atomic E-state index is 15.6. The van der Waals surface area contributed by atoms with Gasteiger partial charge in [-0.1, -0.05) is 43.1 Å². The molecular formula is C50H42Cl2F2N10O4. The van der Waals surface area contributed by atoms with Gasteiger partial charge in [-0.25, -0.2) is 28.7 Å². The Kier molecular flexibility index (Phi) is 12.1. The van der Waals surface area contributed by atoms with E-state index < -0.39 is 17.2 Å². The van der Waals surface area contributed by atoms with E-state index in [1.54, 1.807) is 56.3 Å². The maximum Gasteiger partial charge on any atom is 0.273 e. The Balaban J connectivity index is 0.000000170. The van der Waals surface area contributed by atoms with Crippen molar-refractivity contribution in [3.8, 4) is 56.3 Å². The van der Waals surface area contributed by atoms with Gasteiger partial charge in [0.1, 0.15) is 23.1 Å². The van der Waals surface area contributed by atoms with E-state index in [4.69, 9.17) is 45.8 Å². The highest BCUT2D eigenvalue weighted by Gasteiger charge is 2.32. The van der Waals surface area contributed by atoms with E-state index in [0.717, 1.165) is 47.9 Å². The van der Waals surface area contributed by atoms with Crippen LogP contribution >= 0.6 is 23.2 Å². The molecule has 0 spiro atoms. The predicted molar refractivity (Wildman–Crippen MR) is 258 cm³/mol. The van der Waals surface area contributed by atoms with Crippen molar-refractivity contribution in [3.63, 3.8) is 0 Å². The molecule has 0 unspecified atom stereocenters. The maximum atomic E-state index is 15.6. The summed E-state index contributed by atoms with van der Waals surface area (Å²) in [4.78, 5) is 32.1. The molecule has 0 bridgehead atoms. The molecule has 4 heterocycles. The first-order valence-corrected chi connectivity index (χ1v) is 22.6. The van der Waals surface area contributed by atoms with Crippen LogP contribution in [0.1, 0.15) is 62.0 Å². The molecule has 0 amide bonds. The summed E-state index contributed by atoms with van der Waals surface area (Å²) < 4.78 is 46.0. The molecule has 8 aromatic rings. The fraction of sp³-hybridized carbons (Fsp3) is 0.280. The smallest absolute Gasteiger partial charge is 0.273 e. The van der Waals surface area contributed by atoms with Gasteiger partial charge in [0, 0.05) is 47.1 Å². The van der Waals surface area contributed by atoms with Gasteiger partial charge < -0.3 is 9.47 Å². The first-order chi connectivity index (χ1) is 32.7. The molecule has 4 aromatic carbocycles. The first kappa shape index (κ1) is 45.7. The van der Waals surface area contributed by atoms with Crippen LogP contribution in [0.2, 0.25) is 10.0 Å². The van der Waals surface area contributed by atoms with Crippen molar-refractivity contribution in [2.24, 2.45) is 14.1 Å². The molecule has 2 aliphatic rings. The van der Waals surface area contributed by atoms with Crippen LogP contribution in [0.5, 0.6) is 11.5 Å². The van der Waals surface area contributed by atoms with Crippen molar-refractivity contribution in [1.82, 2.24) is 40.0 Å². The number of halogens is 4. The van der Waals surface area contributed by atoms with Crippen LogP contribution in [0, 0.1) is 38.6 Å². The highest BCUT2D eigenvalue weighted by molar-refractivity contribution is 6.36. The lowest BCUT2D eigenvalue weighted by molar-refractivity contribution is 0.304. The van der Waals surface area contributed by atoms with Gasteiger partial charge in [0.15, 0.2) is 0 Å². The molecule has 10 rings (SSSR count). The average Bonchev–Trinajstić information content (AvgIpc) is 4.25. The minimum Gasteiger partial charge on any atom is -0.501 e. The second-order valence-electron chi connectivity index (χ2n) is 16.8. The predicted octanol–water partition coefficient (Wildman–Crippen LogP) is 11.5. The number of rotatable bonds is 10. The number of aryl methyl sites for hydroxylation is 6. The van der Waals surface area contributed by atoms with E-state index in [1.807, 2.05) is 32.9 Å². The molecule has 2 fully saturated rings. The first-order valence-electron chi connectivity index (χ1n) is 21.9. The monoisotopic (exact) mass is 954 g/mol. The van der Waals surface area contributed by atoms with Crippen molar-refractivity contribution >= 4 is 56.1 Å². The summed E-state index contributed by atoms with van der Waals surface area (Å²) >= 11 is 12.7. The van der Waals surface area contributed by atoms with E-state index in [1.165, 1.54) is 10.7 Å². The fourth-order valence-electron chi connectivity index (χ4n) is 8.50. The second kappa shape index (κ2) is 18.0. The quantitative estimate of drug-likeness (QED) is 0.128. The number of hydrogen-bond acceptors (Lipinski definition) is 8. The Hall–Kier alpha value is -7.40. The lowest BCUT2D eigenvalue weighted by atomic mass is 9.94. The minimum absolute atomic E-state index is 0.00163. The zero-order valence-corrected chi connectivity index (χ0v) is 39.3. The molecule has 344 valence electrons. The number of aromatic amines is 2. The summed E-state index contributed by atoms with van der Waals surface area (Å²) in [6, 6.07) is 10.2. The minimum atomic E-state index is -0.736. The third kappa shape index (κ3) is 8.13. The van der Waals surface area contributed by atoms with Gasteiger partial charge in [0.25, 0.3) is 11.1 Å². The third-order valence-corrected chi connectivity index (χ3v) is 12.7. The Morgan fingerprint density at radius 1 is 0.676 bits per heavy atom. The summed E-state index contributed by atoms with van der Waals surface area (Å²) in [6.45, 7) is 23.0. The zero-order chi connectivity index (χ0) is 48.3. The number of H-pyrrole nitrogens is 2. The fourth-order valence-corrected chi connectivity index (χ4v) is 9.00. The Morgan fingerprint density at radius 2 is 1.15 bits per heavy atom. The molecule has 0 saturated heterocycles. The zero-order valence-electron chi connectivity index (χ0n) is 37.7. The van der Waals surface area contributed by atoms with Crippen LogP contribution in [-0.4, -0.2) is 52.2 Å². The van der Waals surface area contributed by atoms with E-state index in [0.29, 0.717) is 74.1 Å². The van der Waals surface area contributed by atoms with Crippen LogP contribution in [-0.2, 0) is 26.9 Å². The van der Waals surface area contributed by atoms with Crippen LogP contribution in [0.15, 0.2) is 58.4 Å². The van der Waals surface area contributed by atoms with Crippen molar-refractivity contribution in [1.29, 1.82) is 0 Å². The van der Waals surface area contributed by atoms with Gasteiger partial charge in [-0.2, -0.15) is 20.4 Å². The van der Waals surface area contributed by atoms with Crippen LogP contribution in [0.4, 0.5) is 20.2 Å². The standard InChI is InChI=1S/C26H24FN5O2.C24H18Cl2FN5O2/c1-6-19-17-11-15(9-13(2)21(17)26(33)31-30-19)18-12-29-32(5)25(18)22-23(27)14(3)10-20(24(22)28-4)34-16-7-8-16;1-4-17-13-7-11(8-15(25)19(13)24(33)31-30-17)14-10-29-32(3)23(14)20-21(27)16(26)9-18(22(20)28-2)34-12-5-6-12/h9-12,16H,6-8H2,1-3,5H3,(H,31,33);7-10,12H,4-6H2,1,3H3,(H,31,33). The summed E-state index contributed by atoms with van der Waals surface area (Å²) in [5.41, 5.74) is 5.74. The number of benzene rings is 4. The largest absolute Gasteiger partial charge is 0.501 e. The van der Waals surface area contributed by atoms with Gasteiger partial charge >= 0.3 is 0 Å². The number of fused-ring (bicyclic) bond motifs is 2. The number of nitrogens with one attached hydrogen (secondary N) is 2. The van der Waals surface area contributed by atoms with E-state index in [9.17, 15) is 9.59 Å². The van der Waals surface area contributed by atoms with Gasteiger partial charge in [0.05, 0.1) is 81.3 Å². The average molecular weight is 956 g/mol. The van der Waals surface area contributed by atoms with Gasteiger partial charge in [-0.15, -0.1) is 0 Å². The summed E-state index contributed by atoms with van der Waals surface area (Å²) in [6.07, 6.45) is 8.14. The molecule has 14 nitrogen and oxygen atoms in total. The third-order valence-electron chi connectivity index (χ3n) is 12.1. The highest BCUT2D eigenvalue weighted by atomic mass is 35.5. The second-order valence-corrected chi connectivity index (χ2v) is 17.7. The van der Waals surface area contributed by atoms with Crippen molar-refractivity contribution in [3.05, 3.63) is 137 Å². The number of aromatic nitrogens is 8. The summed E-state index contributed by atoms with van der Waals surface area (Å²) in [5.74, 6) is -0.562. The van der Waals surface area contributed by atoms with Crippen molar-refractivity contribution in [2.45, 2.75) is 78.4 Å². The molecule has 68 heavy (non-hydrogen) atoms. The molecule has 18 heteroatoms. The van der Waals surface area contributed by atoms with Crippen LogP contribution < -0.4 is 20.6 Å². The summed E-state index contributed by atoms with van der Waals surface area (Å²) in [7, 11) is 3.38.